The predicted octanol–water partition coefficient (Wildman–Crippen LogP) is 3.45. The van der Waals surface area contributed by atoms with E-state index in [4.69, 9.17) is 24.5 Å². The van der Waals surface area contributed by atoms with Crippen molar-refractivity contribution in [1.82, 2.24) is 30.1 Å². The van der Waals surface area contributed by atoms with Gasteiger partial charge in [-0.05, 0) is 13.8 Å². The van der Waals surface area contributed by atoms with Crippen molar-refractivity contribution in [3.8, 4) is 0 Å². The molecule has 44 heavy (non-hydrogen) atoms. The normalized spacial score (nSPS) is 18.3. The second kappa shape index (κ2) is 15.7. The van der Waals surface area contributed by atoms with Gasteiger partial charge in [0.15, 0.2) is 5.79 Å². The molecule has 0 spiro atoms. The summed E-state index contributed by atoms with van der Waals surface area (Å²) in [5.74, 6) is -1.60. The van der Waals surface area contributed by atoms with E-state index in [1.54, 1.807) is 55.9 Å². The molecule has 0 unspecified atom stereocenters. The van der Waals surface area contributed by atoms with E-state index >= 15 is 0 Å². The Morgan fingerprint density at radius 2 is 1.98 bits per heavy atom. The van der Waals surface area contributed by atoms with E-state index in [-0.39, 0.29) is 11.8 Å². The molecule has 3 rings (SSSR count). The van der Waals surface area contributed by atoms with E-state index in [2.05, 4.69) is 27.0 Å². The van der Waals surface area contributed by atoms with Crippen LogP contribution < -0.4 is 10.6 Å². The summed E-state index contributed by atoms with van der Waals surface area (Å²) in [4.78, 5) is 24.8. The summed E-state index contributed by atoms with van der Waals surface area (Å²) in [6.07, 6.45) is 11.3. The molecule has 0 bridgehead atoms. The van der Waals surface area contributed by atoms with Crippen molar-refractivity contribution < 1.29 is 42.7 Å². The fraction of sp³-hybridized carbons (Fsp3) is 0.500. The Kier molecular flexibility index (Phi) is 12.6. The zero-order chi connectivity index (χ0) is 32.5. The minimum absolute atomic E-state index is 0.314. The average Bonchev–Trinajstić information content (AvgIpc) is 3.55. The topological polar surface area (TPSA) is 112 Å². The number of amides is 2. The summed E-state index contributed by atoms with van der Waals surface area (Å²) in [5.41, 5.74) is 1.82. The van der Waals surface area contributed by atoms with Gasteiger partial charge in [-0.15, -0.1) is 5.10 Å². The van der Waals surface area contributed by atoms with Crippen molar-refractivity contribution in [1.29, 1.82) is 0 Å². The third-order valence-electron chi connectivity index (χ3n) is 6.77. The first kappa shape index (κ1) is 35.3. The molecule has 14 heteroatoms. The Morgan fingerprint density at radius 3 is 2.68 bits per heavy atom. The monoisotopic (exact) mass is 655 g/mol. The van der Waals surface area contributed by atoms with Crippen LogP contribution in [-0.2, 0) is 53.5 Å². The molecule has 2 aromatic heterocycles. The van der Waals surface area contributed by atoms with Crippen molar-refractivity contribution in [3.05, 3.63) is 65.4 Å². The van der Waals surface area contributed by atoms with Crippen molar-refractivity contribution in [2.45, 2.75) is 79.2 Å². The first-order chi connectivity index (χ1) is 20.7. The third-order valence-corrected chi connectivity index (χ3v) is 6.91. The molecule has 1 aliphatic heterocycles. The zero-order valence-corrected chi connectivity index (χ0v) is 26.9. The van der Waals surface area contributed by atoms with Crippen LogP contribution in [0.25, 0.3) is 6.08 Å². The molecule has 1 atom stereocenters. The number of hydrogen-bond donors (Lipinski definition) is 2. The minimum atomic E-state index is -2.67. The summed E-state index contributed by atoms with van der Waals surface area (Å²) >= 11 is 4.73. The van der Waals surface area contributed by atoms with Crippen molar-refractivity contribution >= 4 is 29.8 Å². The van der Waals surface area contributed by atoms with Crippen LogP contribution in [0.5, 0.6) is 0 Å². The number of nitrogens with zero attached hydrogens (tertiary/aromatic N) is 4. The Morgan fingerprint density at radius 1 is 1.23 bits per heavy atom. The van der Waals surface area contributed by atoms with Crippen LogP contribution in [0.3, 0.4) is 0 Å². The van der Waals surface area contributed by atoms with E-state index < -0.39 is 24.7 Å². The first-order valence-electron chi connectivity index (χ1n) is 14.3. The number of carbonyl (C=O) groups is 2. The van der Waals surface area contributed by atoms with Crippen molar-refractivity contribution in [2.24, 2.45) is 5.41 Å². The molecular formula is C30H40BF2N6NiO4-2. The number of allylic oxidation sites excluding steroid dienone is 3. The summed E-state index contributed by atoms with van der Waals surface area (Å²) < 4.78 is 42.4. The number of carbonyl (C=O) groups excluding carboxylic acids is 2. The summed E-state index contributed by atoms with van der Waals surface area (Å²) in [6.45, 7) is 12.1. The number of aryl methyl sites for hydroxylation is 2. The predicted molar refractivity (Wildman–Crippen MR) is 161 cm³/mol. The van der Waals surface area contributed by atoms with Crippen LogP contribution >= 0.6 is 0 Å². The maximum absolute atomic E-state index is 13.8. The van der Waals surface area contributed by atoms with Gasteiger partial charge in [0.2, 0.25) is 5.91 Å². The Labute approximate surface area is 265 Å². The van der Waals surface area contributed by atoms with Gasteiger partial charge < -0.3 is 20.1 Å². The SMILES string of the molecule is C[C](=[Ni])/C=C(/C)[C-]=Cc1ccc(CCCn2cc(CCNC(=O)/C=C/NC(=O)[C@@H]3OC(C)(C)OCC3(C)C)nn2)n1[B-](F)F. The van der Waals surface area contributed by atoms with E-state index in [0.29, 0.717) is 56.0 Å². The Balaban J connectivity index is 1.42. The second-order valence-electron chi connectivity index (χ2n) is 11.7. The first-order valence-corrected chi connectivity index (χ1v) is 14.8. The number of nitrogens with one attached hydrogen (secondary N) is 2. The standard InChI is InChI=1S/C30H40BF2N6O4.Ni/c1-7-9-22(2)11-12-25-14-13-24(39(25)31(32)33)10-8-19-38-20-23(36-37-38)15-17-34-26(40)16-18-35-28(41)27-29(3,4)21-42-30(5,6)43-27;/h9,12-14,16,18,20,27H,8,10,15,17,19,21H2,1-6H3,(H,34,40)(H,35,41);/q-2;/b18-16+,22-9-;/t27-;/m0./s1. The second-order valence-corrected chi connectivity index (χ2v) is 12.5. The van der Waals surface area contributed by atoms with Gasteiger partial charge in [0.05, 0.1) is 12.3 Å². The van der Waals surface area contributed by atoms with Gasteiger partial charge in [-0.1, -0.05) is 19.1 Å². The Hall–Kier alpha value is -3.21. The van der Waals surface area contributed by atoms with E-state index in [1.807, 2.05) is 20.8 Å². The zero-order valence-electron chi connectivity index (χ0n) is 25.9. The summed E-state index contributed by atoms with van der Waals surface area (Å²) in [5, 5.41) is 13.6. The molecule has 1 saturated heterocycles. The van der Waals surface area contributed by atoms with Gasteiger partial charge in [-0.3, -0.25) is 9.59 Å². The molecule has 2 aromatic rings. The molecule has 0 aliphatic carbocycles. The number of ether oxygens (including phenoxy) is 2. The van der Waals surface area contributed by atoms with E-state index in [0.717, 1.165) is 14.5 Å². The van der Waals surface area contributed by atoms with Crippen LogP contribution in [0.4, 0.5) is 8.63 Å². The van der Waals surface area contributed by atoms with Gasteiger partial charge in [0.1, 0.15) is 6.10 Å². The third kappa shape index (κ3) is 10.7. The molecule has 3 heterocycles. The molecule has 0 saturated carbocycles. The molecule has 2 amide bonds. The quantitative estimate of drug-likeness (QED) is 0.140. The molecular weight excluding hydrogens is 616 g/mol. The number of halogens is 2. The molecule has 1 aliphatic rings. The van der Waals surface area contributed by atoms with Crippen LogP contribution in [0.15, 0.2) is 42.3 Å². The molecule has 0 aromatic carbocycles. The van der Waals surface area contributed by atoms with E-state index in [9.17, 15) is 18.2 Å². The van der Waals surface area contributed by atoms with Gasteiger partial charge in [0.25, 0.3) is 5.91 Å². The van der Waals surface area contributed by atoms with Crippen LogP contribution in [-0.4, -0.2) is 68.2 Å². The summed E-state index contributed by atoms with van der Waals surface area (Å²) in [7, 11) is -2.67. The number of rotatable bonds is 14. The fourth-order valence-corrected chi connectivity index (χ4v) is 4.75. The van der Waals surface area contributed by atoms with Crippen molar-refractivity contribution in [2.75, 3.05) is 13.2 Å². The number of hydrogen-bond acceptors (Lipinski definition) is 6. The maximum atomic E-state index is 13.8. The van der Waals surface area contributed by atoms with Crippen molar-refractivity contribution in [3.63, 3.8) is 0 Å². The molecule has 1 radical (unpaired) electrons. The van der Waals surface area contributed by atoms with Gasteiger partial charge in [0, 0.05) is 36.9 Å². The van der Waals surface area contributed by atoms with E-state index in [1.165, 1.54) is 12.3 Å². The molecule has 10 nitrogen and oxygen atoms in total. The summed E-state index contributed by atoms with van der Waals surface area (Å²) in [6, 6.07) is 3.35. The van der Waals surface area contributed by atoms with Gasteiger partial charge >= 0.3 is 125 Å². The van der Waals surface area contributed by atoms with Gasteiger partial charge in [-0.25, -0.2) is 0 Å². The van der Waals surface area contributed by atoms with Crippen LogP contribution in [0.1, 0.15) is 65.0 Å². The molecule has 243 valence electrons. The molecule has 2 N–H and O–H groups in total. The average molecular weight is 656 g/mol. The van der Waals surface area contributed by atoms with Gasteiger partial charge in [-0.2, -0.15) is 0 Å². The van der Waals surface area contributed by atoms with Crippen LogP contribution in [0.2, 0.25) is 0 Å². The van der Waals surface area contributed by atoms with Crippen LogP contribution in [0, 0.1) is 11.5 Å². The Bertz CT molecular complexity index is 1420. The fourth-order valence-electron chi connectivity index (χ4n) is 4.54. The number of aromatic nitrogens is 4. The molecule has 1 fully saturated rings.